The minimum atomic E-state index is 0.190. The maximum atomic E-state index is 12.4. The first-order valence-electron chi connectivity index (χ1n) is 9.24. The van der Waals surface area contributed by atoms with Gasteiger partial charge in [0.15, 0.2) is 0 Å². The highest BCUT2D eigenvalue weighted by molar-refractivity contribution is 7.16. The van der Waals surface area contributed by atoms with E-state index in [0.29, 0.717) is 5.41 Å². The SMILES string of the molecule is CCCc1ccc2c(c1)sc(=O)n2CCN1CCC2(CCNC2)C1. The maximum absolute atomic E-state index is 12.4. The largest absolute Gasteiger partial charge is 0.316 e. The lowest BCUT2D eigenvalue weighted by molar-refractivity contribution is 0.267. The molecular formula is C19H27N3OS. The molecule has 4 rings (SSSR count). The van der Waals surface area contributed by atoms with Crippen LogP contribution in [0.4, 0.5) is 0 Å². The van der Waals surface area contributed by atoms with Gasteiger partial charge in [-0.05, 0) is 55.5 Å². The van der Waals surface area contributed by atoms with Crippen LogP contribution < -0.4 is 10.2 Å². The van der Waals surface area contributed by atoms with E-state index in [1.807, 2.05) is 4.57 Å². The number of aromatic nitrogens is 1. The third kappa shape index (κ3) is 3.05. The Hall–Kier alpha value is -1.17. The quantitative estimate of drug-likeness (QED) is 0.905. The summed E-state index contributed by atoms with van der Waals surface area (Å²) in [6.45, 7) is 8.71. The monoisotopic (exact) mass is 345 g/mol. The molecule has 5 heteroatoms. The Morgan fingerprint density at radius 3 is 3.00 bits per heavy atom. The molecule has 1 aromatic heterocycles. The van der Waals surface area contributed by atoms with E-state index in [0.717, 1.165) is 36.1 Å². The number of aryl methyl sites for hydroxylation is 1. The second-order valence-corrected chi connectivity index (χ2v) is 8.52. The van der Waals surface area contributed by atoms with Crippen LogP contribution >= 0.6 is 11.3 Å². The molecule has 1 unspecified atom stereocenters. The summed E-state index contributed by atoms with van der Waals surface area (Å²) in [5.74, 6) is 0. The standard InChI is InChI=1S/C19H27N3OS/c1-2-3-15-4-5-16-17(12-15)24-18(23)22(16)11-10-21-9-7-19(14-21)6-8-20-13-19/h4-5,12,20H,2-3,6-11,13-14H2,1H3. The number of hydrogen-bond acceptors (Lipinski definition) is 4. The molecule has 0 bridgehead atoms. The molecule has 1 N–H and O–H groups in total. The van der Waals surface area contributed by atoms with Crippen LogP contribution in [0.25, 0.3) is 10.2 Å². The van der Waals surface area contributed by atoms with Crippen molar-refractivity contribution >= 4 is 21.6 Å². The Kier molecular flexibility index (Phi) is 4.50. The molecule has 1 aromatic carbocycles. The average molecular weight is 346 g/mol. The van der Waals surface area contributed by atoms with Crippen LogP contribution in [-0.2, 0) is 13.0 Å². The van der Waals surface area contributed by atoms with Crippen molar-refractivity contribution in [1.29, 1.82) is 0 Å². The van der Waals surface area contributed by atoms with Gasteiger partial charge in [-0.15, -0.1) is 0 Å². The number of hydrogen-bond donors (Lipinski definition) is 1. The van der Waals surface area contributed by atoms with Gasteiger partial charge in [-0.25, -0.2) is 0 Å². The first-order valence-corrected chi connectivity index (χ1v) is 10.1. The molecule has 2 fully saturated rings. The van der Waals surface area contributed by atoms with Crippen LogP contribution in [0.2, 0.25) is 0 Å². The Labute approximate surface area is 147 Å². The molecular weight excluding hydrogens is 318 g/mol. The smallest absolute Gasteiger partial charge is 0.308 e. The molecule has 130 valence electrons. The summed E-state index contributed by atoms with van der Waals surface area (Å²) in [7, 11) is 0. The van der Waals surface area contributed by atoms with Gasteiger partial charge < -0.3 is 10.2 Å². The molecule has 2 aromatic rings. The summed E-state index contributed by atoms with van der Waals surface area (Å²) in [5.41, 5.74) is 2.96. The van der Waals surface area contributed by atoms with Crippen LogP contribution in [0, 0.1) is 5.41 Å². The zero-order valence-electron chi connectivity index (χ0n) is 14.5. The summed E-state index contributed by atoms with van der Waals surface area (Å²) >= 11 is 1.40. The number of fused-ring (bicyclic) bond motifs is 1. The minimum absolute atomic E-state index is 0.190. The fraction of sp³-hybridized carbons (Fsp3) is 0.632. The van der Waals surface area contributed by atoms with Gasteiger partial charge in [-0.3, -0.25) is 9.36 Å². The van der Waals surface area contributed by atoms with Gasteiger partial charge in [-0.1, -0.05) is 30.7 Å². The zero-order valence-corrected chi connectivity index (χ0v) is 15.3. The van der Waals surface area contributed by atoms with Crippen molar-refractivity contribution < 1.29 is 0 Å². The normalized spacial score (nSPS) is 24.5. The van der Waals surface area contributed by atoms with Crippen molar-refractivity contribution in [3.8, 4) is 0 Å². The highest BCUT2D eigenvalue weighted by Gasteiger charge is 2.39. The number of likely N-dealkylation sites (tertiary alicyclic amines) is 1. The molecule has 1 spiro atoms. The van der Waals surface area contributed by atoms with E-state index in [2.05, 4.69) is 35.3 Å². The van der Waals surface area contributed by atoms with E-state index in [4.69, 9.17) is 0 Å². The third-order valence-electron chi connectivity index (χ3n) is 5.76. The van der Waals surface area contributed by atoms with E-state index in [1.54, 1.807) is 0 Å². The van der Waals surface area contributed by atoms with Gasteiger partial charge in [0, 0.05) is 26.2 Å². The number of thiazole rings is 1. The fourth-order valence-electron chi connectivity index (χ4n) is 4.37. The molecule has 0 saturated carbocycles. The van der Waals surface area contributed by atoms with E-state index < -0.39 is 0 Å². The first kappa shape index (κ1) is 16.3. The maximum Gasteiger partial charge on any atom is 0.308 e. The lowest BCUT2D eigenvalue weighted by Crippen LogP contribution is -2.32. The van der Waals surface area contributed by atoms with Crippen molar-refractivity contribution in [1.82, 2.24) is 14.8 Å². The number of nitrogens with one attached hydrogen (secondary N) is 1. The highest BCUT2D eigenvalue weighted by atomic mass is 32.1. The van der Waals surface area contributed by atoms with Crippen molar-refractivity contribution in [3.63, 3.8) is 0 Å². The third-order valence-corrected chi connectivity index (χ3v) is 6.70. The van der Waals surface area contributed by atoms with Crippen LogP contribution in [0.5, 0.6) is 0 Å². The van der Waals surface area contributed by atoms with Crippen LogP contribution in [0.3, 0.4) is 0 Å². The second kappa shape index (κ2) is 6.62. The number of rotatable bonds is 5. The summed E-state index contributed by atoms with van der Waals surface area (Å²) in [4.78, 5) is 15.2. The Bertz CT molecular complexity index is 773. The molecule has 2 aliphatic rings. The molecule has 3 heterocycles. The van der Waals surface area contributed by atoms with E-state index in [1.165, 1.54) is 55.9 Å². The molecule has 1 atom stereocenters. The lowest BCUT2D eigenvalue weighted by Gasteiger charge is -2.22. The summed E-state index contributed by atoms with van der Waals surface area (Å²) in [6.07, 6.45) is 4.85. The predicted molar refractivity (Wildman–Crippen MR) is 101 cm³/mol. The van der Waals surface area contributed by atoms with E-state index in [9.17, 15) is 4.79 Å². The number of nitrogens with zero attached hydrogens (tertiary/aromatic N) is 2. The molecule has 0 amide bonds. The van der Waals surface area contributed by atoms with E-state index in [-0.39, 0.29) is 4.87 Å². The molecule has 0 radical (unpaired) electrons. The predicted octanol–water partition coefficient (Wildman–Crippen LogP) is 2.70. The van der Waals surface area contributed by atoms with Crippen molar-refractivity contribution in [3.05, 3.63) is 33.4 Å². The van der Waals surface area contributed by atoms with Crippen LogP contribution in [0.15, 0.2) is 23.0 Å². The van der Waals surface area contributed by atoms with Crippen molar-refractivity contribution in [2.75, 3.05) is 32.7 Å². The lowest BCUT2D eigenvalue weighted by atomic mass is 9.87. The van der Waals surface area contributed by atoms with Gasteiger partial charge in [0.05, 0.1) is 10.2 Å². The molecule has 24 heavy (non-hydrogen) atoms. The van der Waals surface area contributed by atoms with Gasteiger partial charge in [0.25, 0.3) is 0 Å². The van der Waals surface area contributed by atoms with Crippen molar-refractivity contribution in [2.24, 2.45) is 5.41 Å². The Morgan fingerprint density at radius 1 is 1.29 bits per heavy atom. The van der Waals surface area contributed by atoms with E-state index >= 15 is 0 Å². The number of benzene rings is 1. The van der Waals surface area contributed by atoms with Gasteiger partial charge >= 0.3 is 4.87 Å². The Morgan fingerprint density at radius 2 is 2.21 bits per heavy atom. The zero-order chi connectivity index (χ0) is 16.6. The summed E-state index contributed by atoms with van der Waals surface area (Å²) in [5, 5.41) is 3.51. The van der Waals surface area contributed by atoms with Gasteiger partial charge in [0.1, 0.15) is 0 Å². The minimum Gasteiger partial charge on any atom is -0.316 e. The fourth-order valence-corrected chi connectivity index (χ4v) is 5.35. The van der Waals surface area contributed by atoms with Crippen LogP contribution in [-0.4, -0.2) is 42.2 Å². The highest BCUT2D eigenvalue weighted by Crippen LogP contribution is 2.35. The first-order chi connectivity index (χ1) is 11.7. The molecule has 2 aliphatic heterocycles. The molecule has 2 saturated heterocycles. The van der Waals surface area contributed by atoms with Gasteiger partial charge in [-0.2, -0.15) is 0 Å². The summed E-state index contributed by atoms with van der Waals surface area (Å²) < 4.78 is 3.12. The average Bonchev–Trinajstić information content (AvgIpc) is 3.26. The Balaban J connectivity index is 1.46. The molecule has 4 nitrogen and oxygen atoms in total. The van der Waals surface area contributed by atoms with Crippen molar-refractivity contribution in [2.45, 2.75) is 39.2 Å². The second-order valence-electron chi connectivity index (χ2n) is 7.52. The summed E-state index contributed by atoms with van der Waals surface area (Å²) in [6, 6.07) is 6.53. The van der Waals surface area contributed by atoms with Gasteiger partial charge in [0.2, 0.25) is 0 Å². The molecule has 0 aliphatic carbocycles. The van der Waals surface area contributed by atoms with Crippen LogP contribution in [0.1, 0.15) is 31.7 Å². The topological polar surface area (TPSA) is 37.3 Å².